The molecular formula is C26H39ClFNO4SSi. The smallest absolute Gasteiger partial charge is 0.192 e. The van der Waals surface area contributed by atoms with E-state index in [-0.39, 0.29) is 23.3 Å². The predicted octanol–water partition coefficient (Wildman–Crippen LogP) is 7.18. The summed E-state index contributed by atoms with van der Waals surface area (Å²) in [4.78, 5) is 0. The summed E-state index contributed by atoms with van der Waals surface area (Å²) in [5.74, 6) is 0.867. The van der Waals surface area contributed by atoms with Crippen molar-refractivity contribution in [3.8, 4) is 11.5 Å². The number of benzene rings is 2. The molecule has 0 amide bonds. The lowest BCUT2D eigenvalue weighted by Crippen LogP contribution is -2.46. The van der Waals surface area contributed by atoms with Gasteiger partial charge in [-0.15, -0.1) is 4.72 Å². The molecular weight excluding hydrogens is 505 g/mol. The number of hydrogen-bond acceptors (Lipinski definition) is 5. The molecule has 2 aromatic carbocycles. The average molecular weight is 544 g/mol. The van der Waals surface area contributed by atoms with Crippen LogP contribution in [0.4, 0.5) is 4.39 Å². The van der Waals surface area contributed by atoms with E-state index in [1.54, 1.807) is 31.4 Å². The number of hydrogen-bond donors (Lipinski definition) is 1. The Morgan fingerprint density at radius 3 is 2.14 bits per heavy atom. The molecule has 0 bridgehead atoms. The maximum absolute atomic E-state index is 14.6. The van der Waals surface area contributed by atoms with Gasteiger partial charge in [0, 0.05) is 16.9 Å². The van der Waals surface area contributed by atoms with Gasteiger partial charge < -0.3 is 18.5 Å². The van der Waals surface area contributed by atoms with Crippen LogP contribution in [0, 0.1) is 5.82 Å². The second kappa shape index (κ2) is 11.8. The zero-order valence-electron chi connectivity index (χ0n) is 22.3. The minimum absolute atomic E-state index is 0.0133. The Hall–Kier alpha value is -1.29. The van der Waals surface area contributed by atoms with Crippen molar-refractivity contribution in [3.63, 3.8) is 0 Å². The monoisotopic (exact) mass is 543 g/mol. The van der Waals surface area contributed by atoms with E-state index in [2.05, 4.69) is 38.6 Å². The molecule has 0 fully saturated rings. The lowest BCUT2D eigenvalue weighted by atomic mass is 10.0. The van der Waals surface area contributed by atoms with Crippen LogP contribution >= 0.6 is 11.6 Å². The van der Waals surface area contributed by atoms with Crippen molar-refractivity contribution >= 4 is 31.3 Å². The summed E-state index contributed by atoms with van der Waals surface area (Å²) in [6, 6.07) is 9.32. The molecule has 0 saturated heterocycles. The third-order valence-corrected chi connectivity index (χ3v) is 12.7. The maximum atomic E-state index is 14.6. The van der Waals surface area contributed by atoms with Crippen molar-refractivity contribution in [2.45, 2.75) is 77.1 Å². The molecule has 2 atom stereocenters. The van der Waals surface area contributed by atoms with E-state index in [1.165, 1.54) is 12.1 Å². The zero-order valence-corrected chi connectivity index (χ0v) is 24.8. The molecule has 1 N–H and O–H groups in total. The molecule has 0 aliphatic carbocycles. The van der Waals surface area contributed by atoms with E-state index in [0.717, 1.165) is 5.75 Å². The number of methoxy groups -OCH3 is 1. The van der Waals surface area contributed by atoms with Gasteiger partial charge in [0.15, 0.2) is 8.32 Å². The summed E-state index contributed by atoms with van der Waals surface area (Å²) in [7, 11) is -0.533. The average Bonchev–Trinajstić information content (AvgIpc) is 2.74. The lowest BCUT2D eigenvalue weighted by molar-refractivity contribution is 0.252. The predicted molar refractivity (Wildman–Crippen MR) is 146 cm³/mol. The van der Waals surface area contributed by atoms with E-state index in [9.17, 15) is 8.94 Å². The van der Waals surface area contributed by atoms with Crippen LogP contribution in [0.2, 0.25) is 23.2 Å². The van der Waals surface area contributed by atoms with Crippen LogP contribution in [0.5, 0.6) is 11.5 Å². The summed E-state index contributed by atoms with van der Waals surface area (Å²) >= 11 is 5.09. The normalized spacial score (nSPS) is 14.5. The van der Waals surface area contributed by atoms with Gasteiger partial charge in [-0.3, -0.25) is 0 Å². The first kappa shape index (κ1) is 29.9. The lowest BCUT2D eigenvalue weighted by Gasteiger charge is -2.38. The molecule has 0 radical (unpaired) electrons. The summed E-state index contributed by atoms with van der Waals surface area (Å²) in [5.41, 5.74) is 1.19. The Bertz CT molecular complexity index is 977. The zero-order chi connectivity index (χ0) is 26.6. The topological polar surface area (TPSA) is 62.8 Å². The molecule has 0 aromatic heterocycles. The summed E-state index contributed by atoms with van der Waals surface area (Å²) in [5, 5.41) is 0.231. The number of halogens is 2. The highest BCUT2D eigenvalue weighted by Crippen LogP contribution is 2.38. The summed E-state index contributed by atoms with van der Waals surface area (Å²) in [6.07, 6.45) is 0. The first-order valence-corrected chi connectivity index (χ1v) is 16.1. The van der Waals surface area contributed by atoms with Gasteiger partial charge in [0.2, 0.25) is 0 Å². The molecule has 5 nitrogen and oxygen atoms in total. The molecule has 1 unspecified atom stereocenters. The van der Waals surface area contributed by atoms with Gasteiger partial charge in [-0.2, -0.15) is 0 Å². The third kappa shape index (κ3) is 8.37. The van der Waals surface area contributed by atoms with E-state index < -0.39 is 36.3 Å². The highest BCUT2D eigenvalue weighted by Gasteiger charge is 2.39. The molecule has 9 heteroatoms. The molecule has 0 saturated carbocycles. The van der Waals surface area contributed by atoms with Crippen molar-refractivity contribution < 1.29 is 22.8 Å². The van der Waals surface area contributed by atoms with E-state index >= 15 is 0 Å². The van der Waals surface area contributed by atoms with E-state index in [4.69, 9.17) is 25.5 Å². The van der Waals surface area contributed by atoms with Crippen molar-refractivity contribution in [2.75, 3.05) is 13.7 Å². The highest BCUT2D eigenvalue weighted by atomic mass is 35.5. The van der Waals surface area contributed by atoms with Gasteiger partial charge in [-0.1, -0.05) is 32.4 Å². The van der Waals surface area contributed by atoms with Gasteiger partial charge in [0.05, 0.1) is 18.7 Å². The minimum atomic E-state index is -2.13. The van der Waals surface area contributed by atoms with Gasteiger partial charge in [-0.25, -0.2) is 4.39 Å². The van der Waals surface area contributed by atoms with E-state index in [1.807, 2.05) is 20.8 Å². The van der Waals surface area contributed by atoms with Crippen LogP contribution in [-0.2, 0) is 22.4 Å². The fourth-order valence-electron chi connectivity index (χ4n) is 2.92. The second-order valence-corrected chi connectivity index (χ2v) is 18.3. The molecule has 0 aliphatic heterocycles. The molecule has 0 aliphatic rings. The number of ether oxygens (including phenoxy) is 2. The first-order valence-electron chi connectivity index (χ1n) is 11.6. The van der Waals surface area contributed by atoms with Gasteiger partial charge in [-0.05, 0) is 80.9 Å². The maximum Gasteiger partial charge on any atom is 0.192 e. The standard InChI is InChI=1S/C26H39ClFNO4SSi/c1-25(2,3)34(30)29-24(17-33-35(8,9)26(4,5)6)21-14-18(28)15-23(27)22(21)16-32-20-12-10-19(31-7)11-13-20/h10-15,24,29H,16-17H2,1-9H3/t24-,34?/m0/s1. The molecule has 0 heterocycles. The Morgan fingerprint density at radius 2 is 1.63 bits per heavy atom. The fraction of sp³-hybridized carbons (Fsp3) is 0.538. The quantitative estimate of drug-likeness (QED) is 0.254. The Kier molecular flexibility index (Phi) is 10.1. The second-order valence-electron chi connectivity index (χ2n) is 11.0. The van der Waals surface area contributed by atoms with Crippen LogP contribution in [-0.4, -0.2) is 31.3 Å². The van der Waals surface area contributed by atoms with Crippen molar-refractivity contribution in [2.24, 2.45) is 0 Å². The van der Waals surface area contributed by atoms with E-state index in [0.29, 0.717) is 16.9 Å². The molecule has 2 aromatic rings. The van der Waals surface area contributed by atoms with Gasteiger partial charge >= 0.3 is 0 Å². The summed E-state index contributed by atoms with van der Waals surface area (Å²) < 4.78 is 47.9. The fourth-order valence-corrected chi connectivity index (χ4v) is 5.01. The third-order valence-electron chi connectivity index (χ3n) is 6.24. The first-order chi connectivity index (χ1) is 16.0. The SMILES string of the molecule is COc1ccc(OCc2c(Cl)cc(F)cc2[C@H](CO[Si](C)(C)C(C)(C)C)N[S+]([O-])C(C)(C)C)cc1. The van der Waals surface area contributed by atoms with Gasteiger partial charge in [0.1, 0.15) is 34.7 Å². The minimum Gasteiger partial charge on any atom is -0.598 e. The molecule has 196 valence electrons. The van der Waals surface area contributed by atoms with Crippen LogP contribution < -0.4 is 14.2 Å². The summed E-state index contributed by atoms with van der Waals surface area (Å²) in [6.45, 7) is 16.8. The Labute approximate surface area is 219 Å². The molecule has 0 spiro atoms. The van der Waals surface area contributed by atoms with Crippen LogP contribution in [0.1, 0.15) is 58.7 Å². The van der Waals surface area contributed by atoms with Gasteiger partial charge in [0.25, 0.3) is 0 Å². The number of nitrogens with one attached hydrogen (secondary N) is 1. The van der Waals surface area contributed by atoms with Crippen LogP contribution in [0.15, 0.2) is 36.4 Å². The Balaban J connectivity index is 2.42. The van der Waals surface area contributed by atoms with Crippen molar-refractivity contribution in [1.82, 2.24) is 4.72 Å². The largest absolute Gasteiger partial charge is 0.598 e. The number of rotatable bonds is 10. The molecule has 2 rings (SSSR count). The van der Waals surface area contributed by atoms with Crippen molar-refractivity contribution in [3.05, 3.63) is 58.4 Å². The molecule has 35 heavy (non-hydrogen) atoms. The van der Waals surface area contributed by atoms with Crippen molar-refractivity contribution in [1.29, 1.82) is 0 Å². The Morgan fingerprint density at radius 1 is 1.06 bits per heavy atom. The highest BCUT2D eigenvalue weighted by molar-refractivity contribution is 7.90. The van der Waals surface area contributed by atoms with Crippen LogP contribution in [0.25, 0.3) is 0 Å². The van der Waals surface area contributed by atoms with Crippen LogP contribution in [0.3, 0.4) is 0 Å².